The number of halogens is 2. The second-order valence-electron chi connectivity index (χ2n) is 6.16. The molecule has 25 heavy (non-hydrogen) atoms. The molecular weight excluding hydrogens is 497 g/mol. The zero-order valence-electron chi connectivity index (χ0n) is 15.4. The average Bonchev–Trinajstić information content (AvgIpc) is 3.10. The van der Waals surface area contributed by atoms with E-state index in [9.17, 15) is 0 Å². The summed E-state index contributed by atoms with van der Waals surface area (Å²) in [6.45, 7) is 8.31. The van der Waals surface area contributed by atoms with E-state index in [0.717, 1.165) is 35.0 Å². The SMILES string of the molecule is CCNC(=NCc1cc(C(C)C)no1)N(C)Cc1cc(Br)cn1C.I. The van der Waals surface area contributed by atoms with Gasteiger partial charge in [-0.25, -0.2) is 4.99 Å². The van der Waals surface area contributed by atoms with Crippen LogP contribution in [0.2, 0.25) is 0 Å². The van der Waals surface area contributed by atoms with Crippen LogP contribution in [0.25, 0.3) is 0 Å². The number of aryl methyl sites for hydroxylation is 1. The van der Waals surface area contributed by atoms with E-state index >= 15 is 0 Å². The number of nitrogens with zero attached hydrogens (tertiary/aromatic N) is 4. The monoisotopic (exact) mass is 523 g/mol. The molecule has 0 aromatic carbocycles. The molecule has 0 fully saturated rings. The number of aromatic nitrogens is 2. The van der Waals surface area contributed by atoms with Gasteiger partial charge in [0.15, 0.2) is 11.7 Å². The molecular formula is C17H27BrIN5O. The lowest BCUT2D eigenvalue weighted by Crippen LogP contribution is -2.38. The molecule has 2 rings (SSSR count). The normalized spacial score (nSPS) is 11.6. The molecule has 0 aliphatic rings. The lowest BCUT2D eigenvalue weighted by molar-refractivity contribution is 0.375. The molecule has 0 amide bonds. The van der Waals surface area contributed by atoms with Gasteiger partial charge in [0, 0.05) is 43.1 Å². The lowest BCUT2D eigenvalue weighted by Gasteiger charge is -2.22. The topological polar surface area (TPSA) is 58.6 Å². The summed E-state index contributed by atoms with van der Waals surface area (Å²) in [5, 5.41) is 7.40. The summed E-state index contributed by atoms with van der Waals surface area (Å²) in [5.74, 6) is 1.99. The third-order valence-corrected chi connectivity index (χ3v) is 4.16. The second kappa shape index (κ2) is 10.2. The van der Waals surface area contributed by atoms with Crippen molar-refractivity contribution < 1.29 is 4.52 Å². The van der Waals surface area contributed by atoms with Gasteiger partial charge in [-0.05, 0) is 34.8 Å². The van der Waals surface area contributed by atoms with Gasteiger partial charge in [-0.2, -0.15) is 0 Å². The van der Waals surface area contributed by atoms with E-state index in [4.69, 9.17) is 4.52 Å². The van der Waals surface area contributed by atoms with Gasteiger partial charge >= 0.3 is 0 Å². The fourth-order valence-corrected chi connectivity index (χ4v) is 2.91. The molecule has 0 saturated heterocycles. The highest BCUT2D eigenvalue weighted by atomic mass is 127. The first-order valence-electron chi connectivity index (χ1n) is 8.16. The minimum Gasteiger partial charge on any atom is -0.359 e. The number of rotatable bonds is 6. The van der Waals surface area contributed by atoms with Crippen LogP contribution in [0.1, 0.15) is 43.8 Å². The Labute approximate surface area is 175 Å². The molecule has 0 spiro atoms. The Morgan fingerprint density at radius 3 is 2.68 bits per heavy atom. The van der Waals surface area contributed by atoms with Gasteiger partial charge in [0.25, 0.3) is 0 Å². The maximum Gasteiger partial charge on any atom is 0.194 e. The fraction of sp³-hybridized carbons (Fsp3) is 0.529. The molecule has 6 nitrogen and oxygen atoms in total. The second-order valence-corrected chi connectivity index (χ2v) is 7.08. The van der Waals surface area contributed by atoms with Gasteiger partial charge in [0.2, 0.25) is 0 Å². The summed E-state index contributed by atoms with van der Waals surface area (Å²) < 4.78 is 8.55. The summed E-state index contributed by atoms with van der Waals surface area (Å²) in [7, 11) is 4.07. The summed E-state index contributed by atoms with van der Waals surface area (Å²) in [4.78, 5) is 6.77. The van der Waals surface area contributed by atoms with Gasteiger partial charge in [0.05, 0.1) is 12.2 Å². The molecule has 0 radical (unpaired) electrons. The van der Waals surface area contributed by atoms with Crippen molar-refractivity contribution in [2.45, 2.75) is 39.8 Å². The highest BCUT2D eigenvalue weighted by Gasteiger charge is 2.11. The molecule has 2 aromatic heterocycles. The van der Waals surface area contributed by atoms with Crippen LogP contribution < -0.4 is 5.32 Å². The van der Waals surface area contributed by atoms with Crippen LogP contribution >= 0.6 is 39.9 Å². The van der Waals surface area contributed by atoms with Gasteiger partial charge in [0.1, 0.15) is 6.54 Å². The van der Waals surface area contributed by atoms with E-state index in [1.165, 1.54) is 5.69 Å². The third kappa shape index (κ3) is 6.32. The Kier molecular flexibility index (Phi) is 8.98. The highest BCUT2D eigenvalue weighted by molar-refractivity contribution is 14.0. The highest BCUT2D eigenvalue weighted by Crippen LogP contribution is 2.16. The molecule has 1 N–H and O–H groups in total. The number of guanidine groups is 1. The van der Waals surface area contributed by atoms with E-state index in [1.54, 1.807) is 0 Å². The molecule has 0 saturated carbocycles. The Morgan fingerprint density at radius 1 is 1.44 bits per heavy atom. The number of nitrogens with one attached hydrogen (secondary N) is 1. The Hall–Kier alpha value is -1.03. The van der Waals surface area contributed by atoms with Gasteiger partial charge < -0.3 is 19.3 Å². The van der Waals surface area contributed by atoms with Crippen molar-refractivity contribution in [1.82, 2.24) is 19.9 Å². The number of aliphatic imine (C=N–C) groups is 1. The molecule has 0 aliphatic heterocycles. The van der Waals surface area contributed by atoms with Crippen LogP contribution in [0.15, 0.2) is 32.3 Å². The minimum atomic E-state index is 0. The average molecular weight is 524 g/mol. The van der Waals surface area contributed by atoms with Gasteiger partial charge in [-0.3, -0.25) is 0 Å². The van der Waals surface area contributed by atoms with E-state index < -0.39 is 0 Å². The first-order chi connectivity index (χ1) is 11.4. The van der Waals surface area contributed by atoms with E-state index in [2.05, 4.69) is 73.9 Å². The quantitative estimate of drug-likeness (QED) is 0.351. The van der Waals surface area contributed by atoms with Crippen LogP contribution in [0, 0.1) is 0 Å². The van der Waals surface area contributed by atoms with Crippen molar-refractivity contribution in [1.29, 1.82) is 0 Å². The van der Waals surface area contributed by atoms with Crippen LogP contribution in [0.4, 0.5) is 0 Å². The zero-order chi connectivity index (χ0) is 17.7. The van der Waals surface area contributed by atoms with E-state index in [1.807, 2.05) is 20.2 Å². The maximum absolute atomic E-state index is 5.36. The van der Waals surface area contributed by atoms with Gasteiger partial charge in [-0.1, -0.05) is 19.0 Å². The minimum absolute atomic E-state index is 0. The predicted molar refractivity (Wildman–Crippen MR) is 115 cm³/mol. The third-order valence-electron chi connectivity index (χ3n) is 3.72. The fourth-order valence-electron chi connectivity index (χ4n) is 2.34. The molecule has 0 atom stereocenters. The smallest absolute Gasteiger partial charge is 0.194 e. The Balaban J connectivity index is 0.00000312. The van der Waals surface area contributed by atoms with Crippen LogP contribution in [-0.2, 0) is 20.1 Å². The van der Waals surface area contributed by atoms with Crippen LogP contribution in [-0.4, -0.2) is 34.2 Å². The van der Waals surface area contributed by atoms with Crippen LogP contribution in [0.3, 0.4) is 0 Å². The van der Waals surface area contributed by atoms with Crippen molar-refractivity contribution in [3.05, 3.63) is 40.0 Å². The molecule has 8 heteroatoms. The Bertz CT molecular complexity index is 695. The summed E-state index contributed by atoms with van der Waals surface area (Å²) in [6, 6.07) is 4.09. The van der Waals surface area contributed by atoms with Crippen molar-refractivity contribution in [2.24, 2.45) is 12.0 Å². The zero-order valence-corrected chi connectivity index (χ0v) is 19.3. The molecule has 0 aliphatic carbocycles. The largest absolute Gasteiger partial charge is 0.359 e. The first-order valence-corrected chi connectivity index (χ1v) is 8.95. The molecule has 140 valence electrons. The molecule has 2 heterocycles. The summed E-state index contributed by atoms with van der Waals surface area (Å²) >= 11 is 3.51. The summed E-state index contributed by atoms with van der Waals surface area (Å²) in [5.41, 5.74) is 2.17. The Morgan fingerprint density at radius 2 is 2.16 bits per heavy atom. The molecule has 0 bridgehead atoms. The van der Waals surface area contributed by atoms with Crippen molar-refractivity contribution in [3.8, 4) is 0 Å². The van der Waals surface area contributed by atoms with Crippen molar-refractivity contribution in [2.75, 3.05) is 13.6 Å². The van der Waals surface area contributed by atoms with Crippen molar-refractivity contribution in [3.63, 3.8) is 0 Å². The lowest BCUT2D eigenvalue weighted by atomic mass is 10.1. The summed E-state index contributed by atoms with van der Waals surface area (Å²) in [6.07, 6.45) is 2.05. The first kappa shape index (κ1) is 22.0. The molecule has 0 unspecified atom stereocenters. The molecule has 2 aromatic rings. The van der Waals surface area contributed by atoms with E-state index in [-0.39, 0.29) is 24.0 Å². The van der Waals surface area contributed by atoms with Crippen molar-refractivity contribution >= 4 is 45.9 Å². The number of hydrogen-bond donors (Lipinski definition) is 1. The van der Waals surface area contributed by atoms with E-state index in [0.29, 0.717) is 12.5 Å². The predicted octanol–water partition coefficient (Wildman–Crippen LogP) is 4.11. The van der Waals surface area contributed by atoms with Crippen LogP contribution in [0.5, 0.6) is 0 Å². The standard InChI is InChI=1S/C17H26BrN5O.HI/c1-6-19-17(20-9-15-8-16(12(2)3)21-24-15)23(5)11-14-7-13(18)10-22(14)4;/h7-8,10,12H,6,9,11H2,1-5H3,(H,19,20);1H. The maximum atomic E-state index is 5.36. The number of hydrogen-bond acceptors (Lipinski definition) is 3. The van der Waals surface area contributed by atoms with Gasteiger partial charge in [-0.15, -0.1) is 24.0 Å².